The van der Waals surface area contributed by atoms with Crippen LogP contribution in [0.2, 0.25) is 0 Å². The molecule has 0 bridgehead atoms. The van der Waals surface area contributed by atoms with Gasteiger partial charge in [-0.25, -0.2) is 0 Å². The minimum Gasteiger partial charge on any atom is -0.335 e. The van der Waals surface area contributed by atoms with E-state index in [0.717, 1.165) is 10.9 Å². The monoisotopic (exact) mass is 262 g/mol. The Labute approximate surface area is 114 Å². The van der Waals surface area contributed by atoms with E-state index in [1.165, 1.54) is 23.3 Å². The molecule has 0 amide bonds. The highest BCUT2D eigenvalue weighted by molar-refractivity contribution is 8.14. The van der Waals surface area contributed by atoms with Crippen LogP contribution in [-0.4, -0.2) is 17.0 Å². The van der Waals surface area contributed by atoms with Crippen molar-refractivity contribution in [2.24, 2.45) is 10.9 Å². The van der Waals surface area contributed by atoms with Crippen molar-refractivity contribution >= 4 is 22.6 Å². The molecule has 98 valence electrons. The predicted octanol–water partition coefficient (Wildman–Crippen LogP) is 4.23. The summed E-state index contributed by atoms with van der Waals surface area (Å²) in [6.45, 7) is 8.78. The minimum atomic E-state index is 0.472. The molecule has 0 aromatic heterocycles. The molecule has 1 aliphatic heterocycles. The molecular weight excluding hydrogens is 240 g/mol. The third kappa shape index (κ3) is 3.29. The summed E-state index contributed by atoms with van der Waals surface area (Å²) in [6.07, 6.45) is 1.19. The summed E-state index contributed by atoms with van der Waals surface area (Å²) in [4.78, 5) is 4.80. The van der Waals surface area contributed by atoms with Crippen LogP contribution in [0.15, 0.2) is 23.2 Å². The van der Waals surface area contributed by atoms with Gasteiger partial charge in [0.25, 0.3) is 0 Å². The van der Waals surface area contributed by atoms with Crippen LogP contribution >= 0.6 is 11.8 Å². The average molecular weight is 262 g/mol. The molecule has 1 atom stereocenters. The highest BCUT2D eigenvalue weighted by Crippen LogP contribution is 2.24. The number of nitrogens with zero attached hydrogens (tertiary/aromatic N) is 1. The first-order valence-electron chi connectivity index (χ1n) is 6.61. The summed E-state index contributed by atoms with van der Waals surface area (Å²) < 4.78 is 0. The molecule has 0 fully saturated rings. The van der Waals surface area contributed by atoms with Gasteiger partial charge in [0.2, 0.25) is 0 Å². The fourth-order valence-corrected chi connectivity index (χ4v) is 2.97. The largest absolute Gasteiger partial charge is 0.335 e. The number of aliphatic imine (C=N–C) groups is 1. The lowest BCUT2D eigenvalue weighted by molar-refractivity contribution is 0.485. The Morgan fingerprint density at radius 2 is 2.06 bits per heavy atom. The van der Waals surface area contributed by atoms with Crippen molar-refractivity contribution in [2.45, 2.75) is 40.2 Å². The number of thioether (sulfide) groups is 1. The van der Waals surface area contributed by atoms with Gasteiger partial charge in [0.15, 0.2) is 5.17 Å². The van der Waals surface area contributed by atoms with Gasteiger partial charge in [0, 0.05) is 11.4 Å². The molecule has 0 radical (unpaired) electrons. The van der Waals surface area contributed by atoms with E-state index in [-0.39, 0.29) is 0 Å². The third-order valence-electron chi connectivity index (χ3n) is 3.46. The normalized spacial score (nSPS) is 19.8. The molecule has 18 heavy (non-hydrogen) atoms. The average Bonchev–Trinajstić information content (AvgIpc) is 2.34. The maximum atomic E-state index is 4.80. The molecular formula is C15H22N2S. The second-order valence-electron chi connectivity index (χ2n) is 5.31. The van der Waals surface area contributed by atoms with Crippen molar-refractivity contribution in [1.82, 2.24) is 0 Å². The van der Waals surface area contributed by atoms with Gasteiger partial charge in [0.05, 0.1) is 6.04 Å². The molecule has 0 aliphatic carbocycles. The van der Waals surface area contributed by atoms with Crippen molar-refractivity contribution in [3.05, 3.63) is 29.3 Å². The molecule has 1 aromatic carbocycles. The van der Waals surface area contributed by atoms with E-state index in [1.54, 1.807) is 0 Å². The van der Waals surface area contributed by atoms with Gasteiger partial charge >= 0.3 is 0 Å². The number of hydrogen-bond donors (Lipinski definition) is 1. The lowest BCUT2D eigenvalue weighted by Gasteiger charge is -2.23. The Morgan fingerprint density at radius 1 is 1.28 bits per heavy atom. The Morgan fingerprint density at radius 3 is 2.72 bits per heavy atom. The van der Waals surface area contributed by atoms with Gasteiger partial charge in [0.1, 0.15) is 0 Å². The maximum absolute atomic E-state index is 4.80. The maximum Gasteiger partial charge on any atom is 0.161 e. The Bertz CT molecular complexity index is 452. The Balaban J connectivity index is 2.10. The van der Waals surface area contributed by atoms with Crippen LogP contribution < -0.4 is 5.32 Å². The number of hydrogen-bond acceptors (Lipinski definition) is 3. The van der Waals surface area contributed by atoms with Crippen LogP contribution in [0.1, 0.15) is 31.4 Å². The van der Waals surface area contributed by atoms with Crippen LogP contribution in [-0.2, 0) is 0 Å². The van der Waals surface area contributed by atoms with Gasteiger partial charge in [-0.05, 0) is 49.4 Å². The van der Waals surface area contributed by atoms with Crippen LogP contribution in [0.25, 0.3) is 0 Å². The van der Waals surface area contributed by atoms with Crippen molar-refractivity contribution in [2.75, 3.05) is 11.1 Å². The van der Waals surface area contributed by atoms with Crippen LogP contribution in [0.4, 0.5) is 5.69 Å². The Kier molecular flexibility index (Phi) is 4.33. The van der Waals surface area contributed by atoms with Crippen molar-refractivity contribution in [3.8, 4) is 0 Å². The molecule has 1 aromatic rings. The zero-order valence-electron chi connectivity index (χ0n) is 11.7. The van der Waals surface area contributed by atoms with E-state index in [4.69, 9.17) is 4.99 Å². The van der Waals surface area contributed by atoms with E-state index in [0.29, 0.717) is 12.0 Å². The predicted molar refractivity (Wildman–Crippen MR) is 82.7 cm³/mol. The van der Waals surface area contributed by atoms with Crippen molar-refractivity contribution in [3.63, 3.8) is 0 Å². The second kappa shape index (κ2) is 5.79. The Hall–Kier alpha value is -0.960. The van der Waals surface area contributed by atoms with E-state index >= 15 is 0 Å². The lowest BCUT2D eigenvalue weighted by Crippen LogP contribution is -2.23. The van der Waals surface area contributed by atoms with Gasteiger partial charge in [-0.3, -0.25) is 4.99 Å². The highest BCUT2D eigenvalue weighted by Gasteiger charge is 2.18. The lowest BCUT2D eigenvalue weighted by atomic mass is 10.0. The van der Waals surface area contributed by atoms with E-state index < -0.39 is 0 Å². The quantitative estimate of drug-likeness (QED) is 0.862. The molecule has 1 heterocycles. The number of rotatable bonds is 2. The minimum absolute atomic E-state index is 0.472. The van der Waals surface area contributed by atoms with Gasteiger partial charge in [-0.15, -0.1) is 0 Å². The topological polar surface area (TPSA) is 24.4 Å². The van der Waals surface area contributed by atoms with Gasteiger partial charge in [-0.1, -0.05) is 31.7 Å². The number of nitrogens with one attached hydrogen (secondary N) is 1. The molecule has 1 unspecified atom stereocenters. The fraction of sp³-hybridized carbons (Fsp3) is 0.533. The summed E-state index contributed by atoms with van der Waals surface area (Å²) in [5.41, 5.74) is 3.80. The third-order valence-corrected chi connectivity index (χ3v) is 4.38. The summed E-state index contributed by atoms with van der Waals surface area (Å²) in [7, 11) is 0. The first-order chi connectivity index (χ1) is 8.56. The van der Waals surface area contributed by atoms with E-state index in [1.807, 2.05) is 11.8 Å². The standard InChI is InChI=1S/C15H22N2S/c1-10(2)14-7-8-18-15(17-14)16-13-6-5-11(3)12(4)9-13/h5-6,9-10,14H,7-8H2,1-4H3,(H,16,17). The first-order valence-corrected chi connectivity index (χ1v) is 7.59. The van der Waals surface area contributed by atoms with E-state index in [9.17, 15) is 0 Å². The van der Waals surface area contributed by atoms with Crippen LogP contribution in [0.3, 0.4) is 0 Å². The molecule has 3 heteroatoms. The number of anilines is 1. The first kappa shape index (κ1) is 13.5. The van der Waals surface area contributed by atoms with Crippen LogP contribution in [0.5, 0.6) is 0 Å². The zero-order chi connectivity index (χ0) is 13.1. The summed E-state index contributed by atoms with van der Waals surface area (Å²) in [5.74, 6) is 1.79. The molecule has 2 nitrogen and oxygen atoms in total. The molecule has 0 saturated carbocycles. The zero-order valence-corrected chi connectivity index (χ0v) is 12.5. The second-order valence-corrected chi connectivity index (χ2v) is 6.39. The molecule has 1 N–H and O–H groups in total. The number of amidine groups is 1. The van der Waals surface area contributed by atoms with Gasteiger partial charge in [-0.2, -0.15) is 0 Å². The van der Waals surface area contributed by atoms with Crippen molar-refractivity contribution < 1.29 is 0 Å². The van der Waals surface area contributed by atoms with Gasteiger partial charge < -0.3 is 5.32 Å². The summed E-state index contributed by atoms with van der Waals surface area (Å²) in [5, 5.41) is 4.52. The highest BCUT2D eigenvalue weighted by atomic mass is 32.2. The molecule has 2 rings (SSSR count). The summed E-state index contributed by atoms with van der Waals surface area (Å²) >= 11 is 1.83. The number of aryl methyl sites for hydroxylation is 2. The number of benzene rings is 1. The van der Waals surface area contributed by atoms with Crippen LogP contribution in [0, 0.1) is 19.8 Å². The van der Waals surface area contributed by atoms with Crippen molar-refractivity contribution in [1.29, 1.82) is 0 Å². The molecule has 0 spiro atoms. The summed E-state index contributed by atoms with van der Waals surface area (Å²) in [6, 6.07) is 6.95. The molecule has 0 saturated heterocycles. The SMILES string of the molecule is Cc1ccc(NC2=NC(C(C)C)CCS2)cc1C. The molecule has 1 aliphatic rings. The van der Waals surface area contributed by atoms with E-state index in [2.05, 4.69) is 51.2 Å². The fourth-order valence-electron chi connectivity index (χ4n) is 2.02. The smallest absolute Gasteiger partial charge is 0.161 e.